The van der Waals surface area contributed by atoms with Crippen LogP contribution in [0.25, 0.3) is 0 Å². The van der Waals surface area contributed by atoms with E-state index in [0.29, 0.717) is 30.7 Å². The Morgan fingerprint density at radius 3 is 2.41 bits per heavy atom. The molecule has 1 aliphatic carbocycles. The lowest BCUT2D eigenvalue weighted by molar-refractivity contribution is 0.0944. The smallest absolute Gasteiger partial charge is 0.407 e. The van der Waals surface area contributed by atoms with Gasteiger partial charge in [-0.1, -0.05) is 13.8 Å². The van der Waals surface area contributed by atoms with Crippen molar-refractivity contribution in [3.8, 4) is 5.75 Å². The monoisotopic (exact) mass is 376 g/mol. The average molecular weight is 376 g/mol. The SMILES string of the molecule is CCOC(=O)NC(CNC(=O)c1ccc(OC2CCCC2)cc1)CC(C)C. The molecule has 0 bridgehead atoms. The van der Waals surface area contributed by atoms with Crippen LogP contribution in [0.2, 0.25) is 0 Å². The topological polar surface area (TPSA) is 76.7 Å². The lowest BCUT2D eigenvalue weighted by atomic mass is 10.0. The Labute approximate surface area is 162 Å². The minimum atomic E-state index is -0.453. The van der Waals surface area contributed by atoms with Crippen LogP contribution in [-0.4, -0.2) is 37.3 Å². The summed E-state index contributed by atoms with van der Waals surface area (Å²) in [6, 6.07) is 7.06. The number of benzene rings is 1. The van der Waals surface area contributed by atoms with E-state index < -0.39 is 6.09 Å². The number of ether oxygens (including phenoxy) is 2. The number of alkyl carbamates (subject to hydrolysis) is 1. The molecule has 6 heteroatoms. The molecule has 0 heterocycles. The van der Waals surface area contributed by atoms with Crippen LogP contribution >= 0.6 is 0 Å². The third-order valence-electron chi connectivity index (χ3n) is 4.58. The summed E-state index contributed by atoms with van der Waals surface area (Å²) in [4.78, 5) is 24.1. The third-order valence-corrected chi connectivity index (χ3v) is 4.58. The van der Waals surface area contributed by atoms with E-state index in [4.69, 9.17) is 9.47 Å². The van der Waals surface area contributed by atoms with Crippen molar-refractivity contribution >= 4 is 12.0 Å². The maximum atomic E-state index is 12.4. The van der Waals surface area contributed by atoms with Crippen molar-refractivity contribution in [3.05, 3.63) is 29.8 Å². The highest BCUT2D eigenvalue weighted by atomic mass is 16.5. The van der Waals surface area contributed by atoms with Gasteiger partial charge in [0.1, 0.15) is 5.75 Å². The second kappa shape index (κ2) is 10.8. The van der Waals surface area contributed by atoms with E-state index in [1.807, 2.05) is 12.1 Å². The quantitative estimate of drug-likeness (QED) is 0.685. The largest absolute Gasteiger partial charge is 0.490 e. The van der Waals surface area contributed by atoms with Crippen LogP contribution in [0.5, 0.6) is 5.75 Å². The van der Waals surface area contributed by atoms with Crippen molar-refractivity contribution in [2.75, 3.05) is 13.2 Å². The van der Waals surface area contributed by atoms with E-state index >= 15 is 0 Å². The molecular formula is C21H32N2O4. The molecule has 1 fully saturated rings. The Bertz CT molecular complexity index is 595. The van der Waals surface area contributed by atoms with E-state index in [9.17, 15) is 9.59 Å². The molecule has 1 aromatic carbocycles. The van der Waals surface area contributed by atoms with Crippen molar-refractivity contribution in [1.82, 2.24) is 10.6 Å². The molecule has 0 aliphatic heterocycles. The molecule has 0 aromatic heterocycles. The van der Waals surface area contributed by atoms with E-state index in [2.05, 4.69) is 24.5 Å². The van der Waals surface area contributed by atoms with Crippen LogP contribution in [0.3, 0.4) is 0 Å². The normalized spacial score (nSPS) is 15.4. The summed E-state index contributed by atoms with van der Waals surface area (Å²) in [6.07, 6.45) is 5.26. The van der Waals surface area contributed by atoms with Crippen molar-refractivity contribution in [3.63, 3.8) is 0 Å². The predicted molar refractivity (Wildman–Crippen MR) is 105 cm³/mol. The highest BCUT2D eigenvalue weighted by Gasteiger charge is 2.18. The number of nitrogens with one attached hydrogen (secondary N) is 2. The molecule has 27 heavy (non-hydrogen) atoms. The van der Waals surface area contributed by atoms with Gasteiger partial charge in [-0.15, -0.1) is 0 Å². The molecular weight excluding hydrogens is 344 g/mol. The van der Waals surface area contributed by atoms with Gasteiger partial charge < -0.3 is 20.1 Å². The fraction of sp³-hybridized carbons (Fsp3) is 0.619. The Hall–Kier alpha value is -2.24. The number of carbonyl (C=O) groups is 2. The molecule has 2 N–H and O–H groups in total. The van der Waals surface area contributed by atoms with Crippen LogP contribution in [0.4, 0.5) is 4.79 Å². The van der Waals surface area contributed by atoms with Crippen molar-refractivity contribution in [2.45, 2.75) is 65.0 Å². The van der Waals surface area contributed by atoms with Gasteiger partial charge in [0.05, 0.1) is 12.7 Å². The minimum Gasteiger partial charge on any atom is -0.490 e. The summed E-state index contributed by atoms with van der Waals surface area (Å²) in [5.74, 6) is 1.03. The molecule has 1 aromatic rings. The minimum absolute atomic E-state index is 0.165. The highest BCUT2D eigenvalue weighted by Crippen LogP contribution is 2.24. The van der Waals surface area contributed by atoms with Gasteiger partial charge in [-0.05, 0) is 69.2 Å². The Balaban J connectivity index is 1.85. The first-order valence-corrected chi connectivity index (χ1v) is 9.96. The summed E-state index contributed by atoms with van der Waals surface area (Å²) in [6.45, 7) is 6.59. The molecule has 1 aliphatic rings. The van der Waals surface area contributed by atoms with Gasteiger partial charge in [0, 0.05) is 18.2 Å². The maximum absolute atomic E-state index is 12.4. The van der Waals surface area contributed by atoms with Gasteiger partial charge in [0.15, 0.2) is 0 Å². The van der Waals surface area contributed by atoms with Gasteiger partial charge in [-0.25, -0.2) is 4.79 Å². The first-order valence-electron chi connectivity index (χ1n) is 9.96. The Kier molecular flexibility index (Phi) is 8.43. The van der Waals surface area contributed by atoms with E-state index in [1.165, 1.54) is 12.8 Å². The average Bonchev–Trinajstić information content (AvgIpc) is 3.13. The van der Waals surface area contributed by atoms with Gasteiger partial charge in [0.2, 0.25) is 0 Å². The fourth-order valence-corrected chi connectivity index (χ4v) is 3.30. The first-order chi connectivity index (χ1) is 13.0. The second-order valence-electron chi connectivity index (χ2n) is 7.45. The molecule has 2 rings (SSSR count). The van der Waals surface area contributed by atoms with E-state index in [1.54, 1.807) is 19.1 Å². The summed E-state index contributed by atoms with van der Waals surface area (Å²) in [5, 5.41) is 5.70. The standard InChI is InChI=1S/C21H32N2O4/c1-4-26-21(25)23-17(13-15(2)3)14-22-20(24)16-9-11-19(12-10-16)27-18-7-5-6-8-18/h9-12,15,17-18H,4-8,13-14H2,1-3H3,(H,22,24)(H,23,25). The molecule has 0 spiro atoms. The number of amides is 2. The zero-order chi connectivity index (χ0) is 19.6. The third kappa shape index (κ3) is 7.49. The van der Waals surface area contributed by atoms with Crippen LogP contribution in [-0.2, 0) is 4.74 Å². The van der Waals surface area contributed by atoms with Crippen LogP contribution in [0.1, 0.15) is 63.2 Å². The molecule has 1 atom stereocenters. The highest BCUT2D eigenvalue weighted by molar-refractivity contribution is 5.94. The number of hydrogen-bond acceptors (Lipinski definition) is 4. The van der Waals surface area contributed by atoms with E-state index in [-0.39, 0.29) is 11.9 Å². The lowest BCUT2D eigenvalue weighted by Gasteiger charge is -2.21. The molecule has 0 radical (unpaired) electrons. The lowest BCUT2D eigenvalue weighted by Crippen LogP contribution is -2.44. The van der Waals surface area contributed by atoms with Crippen molar-refractivity contribution in [1.29, 1.82) is 0 Å². The van der Waals surface area contributed by atoms with Crippen LogP contribution < -0.4 is 15.4 Å². The summed E-state index contributed by atoms with van der Waals surface area (Å²) in [5.41, 5.74) is 0.577. The first kappa shape index (κ1) is 21.1. The maximum Gasteiger partial charge on any atom is 0.407 e. The summed E-state index contributed by atoms with van der Waals surface area (Å²) in [7, 11) is 0. The fourth-order valence-electron chi connectivity index (χ4n) is 3.30. The molecule has 150 valence electrons. The van der Waals surface area contributed by atoms with Crippen molar-refractivity contribution < 1.29 is 19.1 Å². The van der Waals surface area contributed by atoms with E-state index in [0.717, 1.165) is 25.0 Å². The molecule has 1 saturated carbocycles. The van der Waals surface area contributed by atoms with Crippen LogP contribution in [0, 0.1) is 5.92 Å². The molecule has 0 saturated heterocycles. The molecule has 6 nitrogen and oxygen atoms in total. The van der Waals surface area contributed by atoms with Gasteiger partial charge in [0.25, 0.3) is 5.91 Å². The van der Waals surface area contributed by atoms with Crippen LogP contribution in [0.15, 0.2) is 24.3 Å². The molecule has 2 amide bonds. The van der Waals surface area contributed by atoms with Gasteiger partial charge in [-0.2, -0.15) is 0 Å². The predicted octanol–water partition coefficient (Wildman–Crippen LogP) is 3.90. The zero-order valence-corrected chi connectivity index (χ0v) is 16.6. The second-order valence-corrected chi connectivity index (χ2v) is 7.45. The van der Waals surface area contributed by atoms with Gasteiger partial charge >= 0.3 is 6.09 Å². The zero-order valence-electron chi connectivity index (χ0n) is 16.6. The van der Waals surface area contributed by atoms with Gasteiger partial charge in [-0.3, -0.25) is 4.79 Å². The Morgan fingerprint density at radius 1 is 1.15 bits per heavy atom. The number of carbonyl (C=O) groups excluding carboxylic acids is 2. The summed E-state index contributed by atoms with van der Waals surface area (Å²) >= 11 is 0. The number of hydrogen-bond donors (Lipinski definition) is 2. The summed E-state index contributed by atoms with van der Waals surface area (Å²) < 4.78 is 10.9. The Morgan fingerprint density at radius 2 is 1.81 bits per heavy atom. The van der Waals surface area contributed by atoms with Crippen molar-refractivity contribution in [2.24, 2.45) is 5.92 Å². The molecule has 1 unspecified atom stereocenters. The number of rotatable bonds is 9.